The van der Waals surface area contributed by atoms with Gasteiger partial charge in [0.05, 0.1) is 11.6 Å². The number of benzene rings is 2. The van der Waals surface area contributed by atoms with E-state index in [4.69, 9.17) is 21.6 Å². The Bertz CT molecular complexity index is 950. The predicted molar refractivity (Wildman–Crippen MR) is 112 cm³/mol. The molecule has 2 aromatic carbocycles. The van der Waals surface area contributed by atoms with Crippen LogP contribution in [-0.4, -0.2) is 24.1 Å². The van der Waals surface area contributed by atoms with E-state index in [1.807, 2.05) is 50.2 Å². The van der Waals surface area contributed by atoms with Crippen LogP contribution >= 0.6 is 11.6 Å². The topological polar surface area (TPSA) is 41.1 Å². The SMILES string of the molecule is C/C=C/c1ccc2c(N[C@@H](C)c3cccc(Cl)c3)nc(N(C)C)nc2c1. The second-order valence-corrected chi connectivity index (χ2v) is 6.90. The second kappa shape index (κ2) is 7.75. The Hall–Kier alpha value is -2.59. The van der Waals surface area contributed by atoms with E-state index in [9.17, 15) is 0 Å². The maximum Gasteiger partial charge on any atom is 0.227 e. The highest BCUT2D eigenvalue weighted by Crippen LogP contribution is 2.28. The number of hydrogen-bond acceptors (Lipinski definition) is 4. The summed E-state index contributed by atoms with van der Waals surface area (Å²) in [5.41, 5.74) is 3.15. The number of nitrogens with one attached hydrogen (secondary N) is 1. The molecule has 0 fully saturated rings. The highest BCUT2D eigenvalue weighted by molar-refractivity contribution is 6.30. The van der Waals surface area contributed by atoms with E-state index >= 15 is 0 Å². The van der Waals surface area contributed by atoms with Crippen molar-refractivity contribution in [2.75, 3.05) is 24.3 Å². The summed E-state index contributed by atoms with van der Waals surface area (Å²) in [6.07, 6.45) is 4.09. The zero-order valence-electron chi connectivity index (χ0n) is 15.5. The number of allylic oxidation sites excluding steroid dienone is 1. The first kappa shape index (κ1) is 18.2. The smallest absolute Gasteiger partial charge is 0.227 e. The molecule has 0 unspecified atom stereocenters. The van der Waals surface area contributed by atoms with Crippen LogP contribution in [0, 0.1) is 0 Å². The normalized spacial score (nSPS) is 12.5. The summed E-state index contributed by atoms with van der Waals surface area (Å²) in [5.74, 6) is 1.49. The van der Waals surface area contributed by atoms with Gasteiger partial charge in [0, 0.05) is 24.5 Å². The maximum atomic E-state index is 6.13. The van der Waals surface area contributed by atoms with Crippen LogP contribution in [-0.2, 0) is 0 Å². The van der Waals surface area contributed by atoms with Crippen LogP contribution in [0.2, 0.25) is 5.02 Å². The molecule has 1 aromatic heterocycles. The molecule has 0 saturated carbocycles. The van der Waals surface area contributed by atoms with Gasteiger partial charge in [0.25, 0.3) is 0 Å². The third kappa shape index (κ3) is 3.97. The standard InChI is InChI=1S/C21H23ClN4/c1-5-7-15-10-11-18-19(12-15)24-21(26(3)4)25-20(18)23-14(2)16-8-6-9-17(22)13-16/h5-14H,1-4H3,(H,23,24,25)/b7-5+/t14-/m0/s1. The Morgan fingerprint density at radius 3 is 2.62 bits per heavy atom. The molecular formula is C21H23ClN4. The first-order valence-corrected chi connectivity index (χ1v) is 8.99. The molecule has 1 heterocycles. The lowest BCUT2D eigenvalue weighted by molar-refractivity contribution is 0.873. The van der Waals surface area contributed by atoms with Gasteiger partial charge in [-0.05, 0) is 49.2 Å². The molecule has 134 valence electrons. The summed E-state index contributed by atoms with van der Waals surface area (Å²) in [5, 5.41) is 5.25. The fraction of sp³-hybridized carbons (Fsp3) is 0.238. The first-order chi connectivity index (χ1) is 12.5. The summed E-state index contributed by atoms with van der Waals surface area (Å²) in [6.45, 7) is 4.11. The molecule has 0 saturated heterocycles. The number of hydrogen-bond donors (Lipinski definition) is 1. The number of fused-ring (bicyclic) bond motifs is 1. The summed E-state index contributed by atoms with van der Waals surface area (Å²) < 4.78 is 0. The van der Waals surface area contributed by atoms with Crippen molar-refractivity contribution >= 4 is 40.3 Å². The third-order valence-corrected chi connectivity index (χ3v) is 4.41. The van der Waals surface area contributed by atoms with E-state index in [2.05, 4.69) is 42.6 Å². The zero-order chi connectivity index (χ0) is 18.7. The maximum absolute atomic E-state index is 6.13. The highest BCUT2D eigenvalue weighted by Gasteiger charge is 2.13. The van der Waals surface area contributed by atoms with Crippen molar-refractivity contribution in [2.45, 2.75) is 19.9 Å². The van der Waals surface area contributed by atoms with E-state index in [0.717, 1.165) is 32.9 Å². The highest BCUT2D eigenvalue weighted by atomic mass is 35.5. The zero-order valence-corrected chi connectivity index (χ0v) is 16.2. The summed E-state index contributed by atoms with van der Waals surface area (Å²) >= 11 is 6.13. The summed E-state index contributed by atoms with van der Waals surface area (Å²) in [4.78, 5) is 11.3. The number of anilines is 2. The van der Waals surface area contributed by atoms with Gasteiger partial charge in [0.2, 0.25) is 5.95 Å². The van der Waals surface area contributed by atoms with Crippen molar-refractivity contribution < 1.29 is 0 Å². The molecular weight excluding hydrogens is 344 g/mol. The Morgan fingerprint density at radius 1 is 1.12 bits per heavy atom. The van der Waals surface area contributed by atoms with Gasteiger partial charge in [-0.25, -0.2) is 4.98 Å². The minimum absolute atomic E-state index is 0.0667. The largest absolute Gasteiger partial charge is 0.363 e. The molecule has 4 nitrogen and oxygen atoms in total. The van der Waals surface area contributed by atoms with E-state index in [-0.39, 0.29) is 6.04 Å². The van der Waals surface area contributed by atoms with Crippen molar-refractivity contribution in [3.05, 3.63) is 64.7 Å². The van der Waals surface area contributed by atoms with Crippen molar-refractivity contribution in [2.24, 2.45) is 0 Å². The van der Waals surface area contributed by atoms with Gasteiger partial charge in [-0.1, -0.05) is 42.0 Å². The van der Waals surface area contributed by atoms with Gasteiger partial charge in [0.1, 0.15) is 5.82 Å². The molecule has 3 aromatic rings. The second-order valence-electron chi connectivity index (χ2n) is 6.46. The molecule has 0 amide bonds. The molecule has 0 bridgehead atoms. The fourth-order valence-corrected chi connectivity index (χ4v) is 3.00. The molecule has 0 spiro atoms. The Morgan fingerprint density at radius 2 is 1.92 bits per heavy atom. The lowest BCUT2D eigenvalue weighted by Crippen LogP contribution is -2.15. The Kier molecular flexibility index (Phi) is 5.43. The van der Waals surface area contributed by atoms with Crippen LogP contribution in [0.1, 0.15) is 31.0 Å². The Labute approximate surface area is 159 Å². The molecule has 0 aliphatic heterocycles. The van der Waals surface area contributed by atoms with Gasteiger partial charge in [-0.15, -0.1) is 0 Å². The lowest BCUT2D eigenvalue weighted by atomic mass is 10.1. The van der Waals surface area contributed by atoms with E-state index in [1.54, 1.807) is 0 Å². The molecule has 3 rings (SSSR count). The average molecular weight is 367 g/mol. The molecule has 26 heavy (non-hydrogen) atoms. The molecule has 1 atom stereocenters. The van der Waals surface area contributed by atoms with Gasteiger partial charge >= 0.3 is 0 Å². The van der Waals surface area contributed by atoms with Crippen LogP contribution in [0.25, 0.3) is 17.0 Å². The van der Waals surface area contributed by atoms with Crippen molar-refractivity contribution in [3.63, 3.8) is 0 Å². The van der Waals surface area contributed by atoms with Crippen molar-refractivity contribution in [1.29, 1.82) is 0 Å². The first-order valence-electron chi connectivity index (χ1n) is 8.61. The van der Waals surface area contributed by atoms with E-state index in [0.29, 0.717) is 5.95 Å². The van der Waals surface area contributed by atoms with Gasteiger partial charge in [0.15, 0.2) is 0 Å². The minimum Gasteiger partial charge on any atom is -0.363 e. The van der Waals surface area contributed by atoms with Crippen molar-refractivity contribution in [1.82, 2.24) is 9.97 Å². The average Bonchev–Trinajstić information content (AvgIpc) is 2.61. The Balaban J connectivity index is 2.05. The number of aromatic nitrogens is 2. The fourth-order valence-electron chi connectivity index (χ4n) is 2.80. The van der Waals surface area contributed by atoms with Crippen LogP contribution in [0.3, 0.4) is 0 Å². The van der Waals surface area contributed by atoms with Gasteiger partial charge in [-0.2, -0.15) is 4.98 Å². The van der Waals surface area contributed by atoms with Gasteiger partial charge < -0.3 is 10.2 Å². The van der Waals surface area contributed by atoms with E-state index < -0.39 is 0 Å². The molecule has 0 aliphatic carbocycles. The van der Waals surface area contributed by atoms with Crippen LogP contribution in [0.15, 0.2) is 48.5 Å². The van der Waals surface area contributed by atoms with Crippen molar-refractivity contribution in [3.8, 4) is 0 Å². The lowest BCUT2D eigenvalue weighted by Gasteiger charge is -2.19. The summed E-state index contributed by atoms with van der Waals surface area (Å²) in [7, 11) is 3.89. The van der Waals surface area contributed by atoms with Crippen LogP contribution in [0.5, 0.6) is 0 Å². The molecule has 1 N–H and O–H groups in total. The van der Waals surface area contributed by atoms with Crippen LogP contribution < -0.4 is 10.2 Å². The minimum atomic E-state index is 0.0667. The number of halogens is 1. The molecule has 5 heteroatoms. The van der Waals surface area contributed by atoms with E-state index in [1.165, 1.54) is 0 Å². The third-order valence-electron chi connectivity index (χ3n) is 4.17. The number of nitrogens with zero attached hydrogens (tertiary/aromatic N) is 3. The molecule has 0 aliphatic rings. The monoisotopic (exact) mass is 366 g/mol. The predicted octanol–water partition coefficient (Wildman–Crippen LogP) is 5.56. The number of rotatable bonds is 5. The molecule has 0 radical (unpaired) electrons. The van der Waals surface area contributed by atoms with Crippen LogP contribution in [0.4, 0.5) is 11.8 Å². The quantitative estimate of drug-likeness (QED) is 0.642. The summed E-state index contributed by atoms with van der Waals surface area (Å²) in [6, 6.07) is 14.2. The van der Waals surface area contributed by atoms with Gasteiger partial charge in [-0.3, -0.25) is 0 Å².